The van der Waals surface area contributed by atoms with Crippen molar-refractivity contribution in [2.75, 3.05) is 7.11 Å². The van der Waals surface area contributed by atoms with Crippen molar-refractivity contribution in [3.05, 3.63) is 88.3 Å². The minimum absolute atomic E-state index is 0.0728. The molecule has 158 valence electrons. The molecular formula is C26H22N4O2. The Kier molecular flexibility index (Phi) is 4.60. The molecule has 0 amide bonds. The van der Waals surface area contributed by atoms with Crippen LogP contribution in [0.2, 0.25) is 0 Å². The third-order valence-corrected chi connectivity index (χ3v) is 6.04. The SMILES string of the molecule is COc1ccc([C@@H]2C(C#N)=C(N)Oc3n[nH]c(-c4ccc(C)cc4C)c32)c2ccccc12. The quantitative estimate of drug-likeness (QED) is 0.480. The van der Waals surface area contributed by atoms with Gasteiger partial charge in [0, 0.05) is 10.9 Å². The fraction of sp³-hybridized carbons (Fsp3) is 0.154. The fourth-order valence-electron chi connectivity index (χ4n) is 4.58. The molecule has 1 aliphatic rings. The van der Waals surface area contributed by atoms with E-state index in [1.807, 2.05) is 36.4 Å². The Morgan fingerprint density at radius 2 is 1.88 bits per heavy atom. The highest BCUT2D eigenvalue weighted by Gasteiger charge is 2.36. The molecule has 0 unspecified atom stereocenters. The summed E-state index contributed by atoms with van der Waals surface area (Å²) >= 11 is 0. The van der Waals surface area contributed by atoms with Crippen LogP contribution >= 0.6 is 0 Å². The lowest BCUT2D eigenvalue weighted by atomic mass is 9.80. The van der Waals surface area contributed by atoms with Crippen LogP contribution in [0.25, 0.3) is 22.0 Å². The number of H-pyrrole nitrogens is 1. The first-order chi connectivity index (χ1) is 15.5. The smallest absolute Gasteiger partial charge is 0.244 e. The molecule has 0 bridgehead atoms. The maximum atomic E-state index is 10.1. The Labute approximate surface area is 185 Å². The molecular weight excluding hydrogens is 400 g/mol. The van der Waals surface area contributed by atoms with Gasteiger partial charge in [-0.05, 0) is 36.4 Å². The van der Waals surface area contributed by atoms with E-state index in [0.29, 0.717) is 11.5 Å². The normalized spacial score (nSPS) is 15.2. The first kappa shape index (κ1) is 19.7. The topological polar surface area (TPSA) is 96.9 Å². The highest BCUT2D eigenvalue weighted by atomic mass is 16.5. The Morgan fingerprint density at radius 1 is 1.09 bits per heavy atom. The van der Waals surface area contributed by atoms with Crippen molar-refractivity contribution in [2.24, 2.45) is 5.73 Å². The number of aryl methyl sites for hydroxylation is 2. The largest absolute Gasteiger partial charge is 0.496 e. The second-order valence-electron chi connectivity index (χ2n) is 7.96. The van der Waals surface area contributed by atoms with Crippen molar-refractivity contribution < 1.29 is 9.47 Å². The Morgan fingerprint density at radius 3 is 2.59 bits per heavy atom. The number of ether oxygens (including phenoxy) is 2. The minimum atomic E-state index is -0.436. The molecule has 6 heteroatoms. The average Bonchev–Trinajstić information content (AvgIpc) is 3.20. The first-order valence-corrected chi connectivity index (χ1v) is 10.3. The van der Waals surface area contributed by atoms with Gasteiger partial charge in [0.15, 0.2) is 0 Å². The van der Waals surface area contributed by atoms with Crippen LogP contribution in [0, 0.1) is 25.2 Å². The zero-order chi connectivity index (χ0) is 22.4. The molecule has 4 aromatic rings. The maximum Gasteiger partial charge on any atom is 0.244 e. The summed E-state index contributed by atoms with van der Waals surface area (Å²) in [5, 5.41) is 19.6. The van der Waals surface area contributed by atoms with Gasteiger partial charge in [-0.3, -0.25) is 5.10 Å². The van der Waals surface area contributed by atoms with Gasteiger partial charge in [0.2, 0.25) is 11.8 Å². The van der Waals surface area contributed by atoms with E-state index in [9.17, 15) is 5.26 Å². The second-order valence-corrected chi connectivity index (χ2v) is 7.96. The number of nitrogens with one attached hydrogen (secondary N) is 1. The summed E-state index contributed by atoms with van der Waals surface area (Å²) in [5.74, 6) is 0.799. The molecule has 1 atom stereocenters. The van der Waals surface area contributed by atoms with Crippen LogP contribution < -0.4 is 15.2 Å². The lowest BCUT2D eigenvalue weighted by Gasteiger charge is -2.26. The molecule has 0 spiro atoms. The molecule has 6 nitrogen and oxygen atoms in total. The Hall–Kier alpha value is -4.24. The Bertz CT molecular complexity index is 1440. The van der Waals surface area contributed by atoms with Gasteiger partial charge in [-0.2, -0.15) is 5.26 Å². The van der Waals surface area contributed by atoms with Gasteiger partial charge in [0.25, 0.3) is 0 Å². The summed E-state index contributed by atoms with van der Waals surface area (Å²) in [4.78, 5) is 0. The summed E-state index contributed by atoms with van der Waals surface area (Å²) in [7, 11) is 1.65. The average molecular weight is 422 g/mol. The van der Waals surface area contributed by atoms with Crippen LogP contribution in [0.4, 0.5) is 0 Å². The highest BCUT2D eigenvalue weighted by Crippen LogP contribution is 2.48. The van der Waals surface area contributed by atoms with E-state index in [4.69, 9.17) is 15.2 Å². The minimum Gasteiger partial charge on any atom is -0.496 e. The number of rotatable bonds is 3. The van der Waals surface area contributed by atoms with Crippen molar-refractivity contribution in [3.63, 3.8) is 0 Å². The molecule has 0 saturated heterocycles. The number of methoxy groups -OCH3 is 1. The summed E-state index contributed by atoms with van der Waals surface area (Å²) in [6.45, 7) is 4.12. The molecule has 3 N–H and O–H groups in total. The molecule has 3 aromatic carbocycles. The van der Waals surface area contributed by atoms with Gasteiger partial charge in [-0.15, -0.1) is 5.10 Å². The number of allylic oxidation sites excluding steroid dienone is 1. The zero-order valence-corrected chi connectivity index (χ0v) is 18.1. The van der Waals surface area contributed by atoms with Crippen molar-refractivity contribution in [1.82, 2.24) is 10.2 Å². The summed E-state index contributed by atoms with van der Waals surface area (Å²) < 4.78 is 11.4. The number of aromatic amines is 1. The van der Waals surface area contributed by atoms with Gasteiger partial charge in [-0.25, -0.2) is 0 Å². The highest BCUT2D eigenvalue weighted by molar-refractivity contribution is 5.93. The van der Waals surface area contributed by atoms with Crippen LogP contribution in [-0.2, 0) is 0 Å². The predicted octanol–water partition coefficient (Wildman–Crippen LogP) is 5.07. The lowest BCUT2D eigenvalue weighted by Crippen LogP contribution is -2.21. The van der Waals surface area contributed by atoms with Crippen molar-refractivity contribution in [1.29, 1.82) is 5.26 Å². The third kappa shape index (κ3) is 2.90. The van der Waals surface area contributed by atoms with Gasteiger partial charge in [-0.1, -0.05) is 54.1 Å². The van der Waals surface area contributed by atoms with Gasteiger partial charge in [0.05, 0.1) is 24.3 Å². The number of nitriles is 1. The van der Waals surface area contributed by atoms with Crippen LogP contribution in [0.5, 0.6) is 11.6 Å². The standard InChI is InChI=1S/C26H22N4O2/c1-14-8-9-16(15(2)12-14)24-23-22(20(13-27)25(28)32-26(23)30-29-24)19-10-11-21(31-3)18-7-5-4-6-17(18)19/h4-12,22H,28H2,1-3H3,(H,29,30)/t22-/m1/s1. The van der Waals surface area contributed by atoms with Crippen LogP contribution in [0.3, 0.4) is 0 Å². The number of fused-ring (bicyclic) bond motifs is 2. The van der Waals surface area contributed by atoms with E-state index in [0.717, 1.165) is 44.5 Å². The first-order valence-electron chi connectivity index (χ1n) is 10.3. The molecule has 5 rings (SSSR count). The van der Waals surface area contributed by atoms with E-state index in [1.54, 1.807) is 7.11 Å². The van der Waals surface area contributed by atoms with Gasteiger partial charge < -0.3 is 15.2 Å². The molecule has 1 aromatic heterocycles. The van der Waals surface area contributed by atoms with Crippen molar-refractivity contribution in [3.8, 4) is 29.0 Å². The number of hydrogen-bond acceptors (Lipinski definition) is 5. The van der Waals surface area contributed by atoms with Crippen LogP contribution in [0.15, 0.2) is 66.1 Å². The van der Waals surface area contributed by atoms with Crippen LogP contribution in [-0.4, -0.2) is 17.3 Å². The van der Waals surface area contributed by atoms with E-state index < -0.39 is 5.92 Å². The third-order valence-electron chi connectivity index (χ3n) is 6.04. The fourth-order valence-corrected chi connectivity index (χ4v) is 4.58. The van der Waals surface area contributed by atoms with E-state index in [2.05, 4.69) is 48.3 Å². The molecule has 1 aliphatic heterocycles. The second kappa shape index (κ2) is 7.47. The number of aromatic nitrogens is 2. The van der Waals surface area contributed by atoms with E-state index in [-0.39, 0.29) is 5.88 Å². The molecule has 0 fully saturated rings. The number of hydrogen-bond donors (Lipinski definition) is 2. The van der Waals surface area contributed by atoms with Crippen molar-refractivity contribution >= 4 is 10.8 Å². The van der Waals surface area contributed by atoms with Crippen LogP contribution in [0.1, 0.15) is 28.2 Å². The summed E-state index contributed by atoms with van der Waals surface area (Å²) in [6, 6.07) is 20.4. The zero-order valence-electron chi connectivity index (χ0n) is 18.1. The lowest BCUT2D eigenvalue weighted by molar-refractivity contribution is 0.379. The summed E-state index contributed by atoms with van der Waals surface area (Å²) in [5.41, 5.74) is 12.4. The predicted molar refractivity (Wildman–Crippen MR) is 123 cm³/mol. The number of nitrogens with two attached hydrogens (primary N) is 1. The monoisotopic (exact) mass is 422 g/mol. The van der Waals surface area contributed by atoms with Gasteiger partial charge >= 0.3 is 0 Å². The van der Waals surface area contributed by atoms with E-state index in [1.165, 1.54) is 5.56 Å². The van der Waals surface area contributed by atoms with E-state index >= 15 is 0 Å². The Balaban J connectivity index is 1.82. The number of benzene rings is 3. The molecule has 0 aliphatic carbocycles. The maximum absolute atomic E-state index is 10.1. The number of nitrogens with zero attached hydrogens (tertiary/aromatic N) is 2. The molecule has 2 heterocycles. The summed E-state index contributed by atoms with van der Waals surface area (Å²) in [6.07, 6.45) is 0. The molecule has 0 radical (unpaired) electrons. The van der Waals surface area contributed by atoms with Gasteiger partial charge in [0.1, 0.15) is 17.4 Å². The molecule has 0 saturated carbocycles. The van der Waals surface area contributed by atoms with Crippen molar-refractivity contribution in [2.45, 2.75) is 19.8 Å². The molecule has 32 heavy (non-hydrogen) atoms.